The Morgan fingerprint density at radius 2 is 2.06 bits per heavy atom. The Morgan fingerprint density at radius 3 is 2.71 bits per heavy atom. The van der Waals surface area contributed by atoms with Crippen molar-refractivity contribution in [3.05, 3.63) is 58.6 Å². The number of hydrogen-bond donors (Lipinski definition) is 1. The van der Waals surface area contributed by atoms with Gasteiger partial charge in [-0.05, 0) is 42.3 Å². The number of amides is 1. The molecule has 1 aromatic heterocycles. The van der Waals surface area contributed by atoms with E-state index in [1.807, 2.05) is 0 Å². The number of benzene rings is 1. The van der Waals surface area contributed by atoms with Gasteiger partial charge in [-0.3, -0.25) is 14.5 Å². The number of halogens is 3. The van der Waals surface area contributed by atoms with Gasteiger partial charge in [0.25, 0.3) is 5.91 Å². The molecule has 0 atom stereocenters. The van der Waals surface area contributed by atoms with E-state index < -0.39 is 17.7 Å². The van der Waals surface area contributed by atoms with E-state index in [2.05, 4.69) is 4.98 Å². The summed E-state index contributed by atoms with van der Waals surface area (Å²) in [6.45, 7) is 0.219. The molecule has 31 heavy (non-hydrogen) atoms. The van der Waals surface area contributed by atoms with E-state index in [4.69, 9.17) is 22.1 Å². The zero-order valence-corrected chi connectivity index (χ0v) is 17.4. The Labute approximate surface area is 184 Å². The highest BCUT2D eigenvalue weighted by molar-refractivity contribution is 8.26. The first-order chi connectivity index (χ1) is 14.6. The first-order valence-corrected chi connectivity index (χ1v) is 10.1. The van der Waals surface area contributed by atoms with Gasteiger partial charge in [0.15, 0.2) is 0 Å². The van der Waals surface area contributed by atoms with Crippen LogP contribution in [0.1, 0.15) is 24.0 Å². The lowest BCUT2D eigenvalue weighted by Gasteiger charge is -2.13. The molecule has 6 nitrogen and oxygen atoms in total. The van der Waals surface area contributed by atoms with E-state index in [0.29, 0.717) is 14.8 Å². The summed E-state index contributed by atoms with van der Waals surface area (Å²) in [6.07, 6.45) is -1.25. The summed E-state index contributed by atoms with van der Waals surface area (Å²) in [4.78, 5) is 28.9. The maximum Gasteiger partial charge on any atom is 0.416 e. The van der Waals surface area contributed by atoms with Crippen molar-refractivity contribution in [1.29, 1.82) is 0 Å². The number of carboxylic acid groups (broad SMARTS) is 1. The van der Waals surface area contributed by atoms with Crippen molar-refractivity contribution in [3.63, 3.8) is 0 Å². The van der Waals surface area contributed by atoms with Gasteiger partial charge in [0.05, 0.1) is 10.5 Å². The van der Waals surface area contributed by atoms with Crippen LogP contribution in [0, 0.1) is 0 Å². The molecule has 1 aromatic carbocycles. The third kappa shape index (κ3) is 6.05. The Bertz CT molecular complexity index is 1040. The van der Waals surface area contributed by atoms with Crippen LogP contribution in [-0.4, -0.2) is 37.7 Å². The second-order valence-corrected chi connectivity index (χ2v) is 8.06. The van der Waals surface area contributed by atoms with Gasteiger partial charge in [0.1, 0.15) is 10.1 Å². The lowest BCUT2D eigenvalue weighted by Crippen LogP contribution is -2.29. The molecule has 1 saturated heterocycles. The number of rotatable bonds is 7. The third-order valence-electron chi connectivity index (χ3n) is 4.09. The van der Waals surface area contributed by atoms with E-state index in [1.54, 1.807) is 12.1 Å². The van der Waals surface area contributed by atoms with Gasteiger partial charge < -0.3 is 9.84 Å². The number of ether oxygens (including phenoxy) is 1. The number of hydrogen-bond acceptors (Lipinski definition) is 6. The molecule has 0 saturated carbocycles. The largest absolute Gasteiger partial charge is 0.481 e. The predicted molar refractivity (Wildman–Crippen MR) is 113 cm³/mol. The van der Waals surface area contributed by atoms with Crippen molar-refractivity contribution < 1.29 is 32.6 Å². The SMILES string of the molecule is O=C(O)CCCN1C(=O)/C(=C/c2ccc(Oc3cccc(C(F)(F)F)c3)nc2)SC1=S. The zero-order chi connectivity index (χ0) is 22.6. The summed E-state index contributed by atoms with van der Waals surface area (Å²) in [5, 5.41) is 8.71. The van der Waals surface area contributed by atoms with Gasteiger partial charge in [-0.15, -0.1) is 0 Å². The standard InChI is InChI=1S/C20H15F3N2O4S2/c21-20(22,23)13-3-1-4-14(10-13)29-16-7-6-12(11-24-16)9-15-18(28)25(19(30)31-15)8-2-5-17(26)27/h1,3-4,6-7,9-11H,2,5,8H2,(H,26,27)/b15-9-. The maximum atomic E-state index is 12.8. The van der Waals surface area contributed by atoms with Crippen LogP contribution in [0.15, 0.2) is 47.5 Å². The quantitative estimate of drug-likeness (QED) is 0.455. The number of aromatic nitrogens is 1. The molecule has 0 bridgehead atoms. The highest BCUT2D eigenvalue weighted by atomic mass is 32.2. The first kappa shape index (κ1) is 22.8. The van der Waals surface area contributed by atoms with Crippen LogP contribution in [0.3, 0.4) is 0 Å². The molecule has 1 N–H and O–H groups in total. The summed E-state index contributed by atoms with van der Waals surface area (Å²) >= 11 is 6.29. The normalized spacial score (nSPS) is 15.6. The average Bonchev–Trinajstić information content (AvgIpc) is 2.96. The van der Waals surface area contributed by atoms with Crippen molar-refractivity contribution in [2.24, 2.45) is 0 Å². The second kappa shape index (κ2) is 9.48. The maximum absolute atomic E-state index is 12.8. The fourth-order valence-electron chi connectivity index (χ4n) is 2.63. The molecule has 0 spiro atoms. The molecule has 2 aromatic rings. The predicted octanol–water partition coefficient (Wildman–Crippen LogP) is 4.96. The van der Waals surface area contributed by atoms with E-state index in [-0.39, 0.29) is 36.9 Å². The molecule has 1 aliphatic heterocycles. The van der Waals surface area contributed by atoms with E-state index in [1.165, 1.54) is 29.3 Å². The molecule has 162 valence electrons. The Hall–Kier alpha value is -2.92. The van der Waals surface area contributed by atoms with E-state index in [9.17, 15) is 22.8 Å². The van der Waals surface area contributed by atoms with Crippen molar-refractivity contribution in [1.82, 2.24) is 9.88 Å². The highest BCUT2D eigenvalue weighted by Gasteiger charge is 2.32. The van der Waals surface area contributed by atoms with Gasteiger partial charge in [-0.1, -0.05) is 30.0 Å². The third-order valence-corrected chi connectivity index (χ3v) is 5.46. The van der Waals surface area contributed by atoms with Crippen molar-refractivity contribution in [3.8, 4) is 11.6 Å². The minimum absolute atomic E-state index is 0.00249. The van der Waals surface area contributed by atoms with Crippen molar-refractivity contribution in [2.75, 3.05) is 6.54 Å². The monoisotopic (exact) mass is 468 g/mol. The fraction of sp³-hybridized carbons (Fsp3) is 0.200. The number of alkyl halides is 3. The lowest BCUT2D eigenvalue weighted by molar-refractivity contribution is -0.138. The molecule has 0 unspecified atom stereocenters. The summed E-state index contributed by atoms with van der Waals surface area (Å²) < 4.78 is 44.1. The number of carbonyl (C=O) groups excluding carboxylic acids is 1. The van der Waals surface area contributed by atoms with Crippen LogP contribution < -0.4 is 4.74 Å². The number of carbonyl (C=O) groups is 2. The molecule has 1 aliphatic rings. The van der Waals surface area contributed by atoms with Crippen LogP contribution in [-0.2, 0) is 15.8 Å². The Kier molecular flexibility index (Phi) is 6.96. The lowest BCUT2D eigenvalue weighted by atomic mass is 10.2. The minimum Gasteiger partial charge on any atom is -0.481 e. The molecule has 1 fully saturated rings. The van der Waals surface area contributed by atoms with Gasteiger partial charge in [-0.2, -0.15) is 13.2 Å². The summed E-state index contributed by atoms with van der Waals surface area (Å²) in [5.41, 5.74) is -0.255. The van der Waals surface area contributed by atoms with Crippen LogP contribution >= 0.6 is 24.0 Å². The highest BCUT2D eigenvalue weighted by Crippen LogP contribution is 2.34. The molecule has 11 heteroatoms. The number of pyridine rings is 1. The Balaban J connectivity index is 1.66. The molecule has 0 aliphatic carbocycles. The zero-order valence-electron chi connectivity index (χ0n) is 15.8. The summed E-state index contributed by atoms with van der Waals surface area (Å²) in [6, 6.07) is 7.53. The average molecular weight is 468 g/mol. The van der Waals surface area contributed by atoms with Crippen LogP contribution in [0.25, 0.3) is 6.08 Å². The number of carboxylic acids is 1. The summed E-state index contributed by atoms with van der Waals surface area (Å²) in [7, 11) is 0. The van der Waals surface area contributed by atoms with Gasteiger partial charge in [0, 0.05) is 25.2 Å². The van der Waals surface area contributed by atoms with Crippen molar-refractivity contribution in [2.45, 2.75) is 19.0 Å². The van der Waals surface area contributed by atoms with Crippen LogP contribution in [0.2, 0.25) is 0 Å². The van der Waals surface area contributed by atoms with E-state index in [0.717, 1.165) is 23.9 Å². The second-order valence-electron chi connectivity index (χ2n) is 6.39. The number of nitrogens with zero attached hydrogens (tertiary/aromatic N) is 2. The Morgan fingerprint density at radius 1 is 1.29 bits per heavy atom. The number of thiocarbonyl (C=S) groups is 1. The van der Waals surface area contributed by atoms with Crippen LogP contribution in [0.5, 0.6) is 11.6 Å². The molecule has 3 rings (SSSR count). The van der Waals surface area contributed by atoms with Crippen LogP contribution in [0.4, 0.5) is 13.2 Å². The fourth-order valence-corrected chi connectivity index (χ4v) is 3.94. The number of thioether (sulfide) groups is 1. The number of aliphatic carboxylic acids is 1. The summed E-state index contributed by atoms with van der Waals surface area (Å²) in [5.74, 6) is -1.17. The molecule has 2 heterocycles. The molecule has 0 radical (unpaired) electrons. The molecule has 1 amide bonds. The minimum atomic E-state index is -4.48. The van der Waals surface area contributed by atoms with Gasteiger partial charge >= 0.3 is 12.1 Å². The first-order valence-electron chi connectivity index (χ1n) is 8.92. The van der Waals surface area contributed by atoms with Gasteiger partial charge in [-0.25, -0.2) is 4.98 Å². The van der Waals surface area contributed by atoms with Crippen molar-refractivity contribution >= 4 is 46.3 Å². The van der Waals surface area contributed by atoms with Gasteiger partial charge in [0.2, 0.25) is 5.88 Å². The topological polar surface area (TPSA) is 79.7 Å². The molecular formula is C20H15F3N2O4S2. The van der Waals surface area contributed by atoms with E-state index >= 15 is 0 Å². The smallest absolute Gasteiger partial charge is 0.416 e. The molecular weight excluding hydrogens is 453 g/mol.